The third kappa shape index (κ3) is 5.92. The van der Waals surface area contributed by atoms with Crippen molar-refractivity contribution in [2.45, 2.75) is 65.3 Å². The van der Waals surface area contributed by atoms with E-state index in [1.165, 1.54) is 5.01 Å². The number of aromatic nitrogens is 1. The predicted octanol–water partition coefficient (Wildman–Crippen LogP) is 6.97. The maximum Gasteiger partial charge on any atom is 0.431 e. The zero-order chi connectivity index (χ0) is 26.7. The van der Waals surface area contributed by atoms with Crippen molar-refractivity contribution < 1.29 is 22.6 Å². The molecule has 4 unspecified atom stereocenters. The smallest absolute Gasteiger partial charge is 0.431 e. The van der Waals surface area contributed by atoms with Gasteiger partial charge in [0.2, 0.25) is 5.88 Å². The fraction of sp³-hybridized carbons (Fsp3) is 0.556. The van der Waals surface area contributed by atoms with Gasteiger partial charge in [0.25, 0.3) is 0 Å². The highest BCUT2D eigenvalue weighted by Crippen LogP contribution is 2.39. The van der Waals surface area contributed by atoms with E-state index in [2.05, 4.69) is 21.9 Å². The van der Waals surface area contributed by atoms with E-state index in [-0.39, 0.29) is 18.1 Å². The van der Waals surface area contributed by atoms with E-state index < -0.39 is 17.8 Å². The van der Waals surface area contributed by atoms with Gasteiger partial charge in [-0.15, -0.1) is 0 Å². The number of alkyl halides is 3. The van der Waals surface area contributed by atoms with Crippen molar-refractivity contribution in [2.24, 2.45) is 16.9 Å². The summed E-state index contributed by atoms with van der Waals surface area (Å²) in [5.41, 5.74) is 0.845. The average Bonchev–Trinajstić information content (AvgIpc) is 3.26. The molecule has 2 aliphatic rings. The summed E-state index contributed by atoms with van der Waals surface area (Å²) in [4.78, 5) is 6.43. The minimum atomic E-state index is -4.43. The molecule has 37 heavy (non-hydrogen) atoms. The second-order valence-electron chi connectivity index (χ2n) is 9.59. The Labute approximate surface area is 221 Å². The zero-order valence-corrected chi connectivity index (χ0v) is 22.4. The minimum Gasteiger partial charge on any atom is -0.490 e. The Kier molecular flexibility index (Phi) is 8.41. The highest BCUT2D eigenvalue weighted by Gasteiger charge is 2.48. The summed E-state index contributed by atoms with van der Waals surface area (Å²) in [7, 11) is 0. The SMILES string of the molecule is CCOc1cc(N2CCC(Oc3ccc(N4N=C(C(F)(F)F)C(CC)C4CC)cc3)C(C)C2)c(Cl)cn1. The fourth-order valence-electron chi connectivity index (χ4n) is 5.31. The molecule has 2 aromatic rings. The van der Waals surface area contributed by atoms with Crippen LogP contribution in [0.5, 0.6) is 11.6 Å². The van der Waals surface area contributed by atoms with Gasteiger partial charge in [-0.3, -0.25) is 5.01 Å². The van der Waals surface area contributed by atoms with E-state index in [0.717, 1.165) is 25.2 Å². The second-order valence-corrected chi connectivity index (χ2v) is 9.99. The monoisotopic (exact) mass is 538 g/mol. The zero-order valence-electron chi connectivity index (χ0n) is 21.6. The molecule has 1 fully saturated rings. The molecule has 1 aromatic heterocycles. The number of anilines is 2. The molecule has 0 amide bonds. The topological polar surface area (TPSA) is 50.2 Å². The summed E-state index contributed by atoms with van der Waals surface area (Å²) in [6, 6.07) is 8.77. The first kappa shape index (κ1) is 27.4. The molecule has 202 valence electrons. The van der Waals surface area contributed by atoms with E-state index in [1.807, 2.05) is 32.0 Å². The lowest BCUT2D eigenvalue weighted by Crippen LogP contribution is -2.44. The van der Waals surface area contributed by atoms with Crippen LogP contribution >= 0.6 is 11.6 Å². The Morgan fingerprint density at radius 3 is 2.43 bits per heavy atom. The van der Waals surface area contributed by atoms with E-state index in [1.54, 1.807) is 25.3 Å². The van der Waals surface area contributed by atoms with Gasteiger partial charge in [-0.25, -0.2) is 4.98 Å². The second kappa shape index (κ2) is 11.4. The Morgan fingerprint density at radius 2 is 1.84 bits per heavy atom. The van der Waals surface area contributed by atoms with Crippen molar-refractivity contribution in [3.05, 3.63) is 41.6 Å². The summed E-state index contributed by atoms with van der Waals surface area (Å²) in [5.74, 6) is 0.827. The minimum absolute atomic E-state index is 0.00331. The van der Waals surface area contributed by atoms with Gasteiger partial charge in [0.05, 0.1) is 35.2 Å². The number of piperidine rings is 1. The summed E-state index contributed by atoms with van der Waals surface area (Å²) in [6.45, 7) is 9.79. The van der Waals surface area contributed by atoms with Crippen LogP contribution in [0.1, 0.15) is 47.0 Å². The summed E-state index contributed by atoms with van der Waals surface area (Å²) >= 11 is 6.42. The van der Waals surface area contributed by atoms with Gasteiger partial charge in [-0.2, -0.15) is 18.3 Å². The first-order valence-corrected chi connectivity index (χ1v) is 13.3. The molecule has 0 N–H and O–H groups in total. The van der Waals surface area contributed by atoms with Crippen LogP contribution in [0, 0.1) is 11.8 Å². The van der Waals surface area contributed by atoms with Crippen LogP contribution in [-0.2, 0) is 0 Å². The first-order chi connectivity index (χ1) is 17.7. The normalized spacial score (nSPS) is 24.3. The number of rotatable bonds is 8. The molecular formula is C27H34ClF3N4O2. The Balaban J connectivity index is 1.42. The number of benzene rings is 1. The molecule has 0 aliphatic carbocycles. The lowest BCUT2D eigenvalue weighted by molar-refractivity contribution is -0.0624. The van der Waals surface area contributed by atoms with Gasteiger partial charge in [-0.1, -0.05) is 32.4 Å². The van der Waals surface area contributed by atoms with Crippen LogP contribution in [0.2, 0.25) is 5.02 Å². The Hall–Kier alpha value is -2.68. The molecule has 3 heterocycles. The Bertz CT molecular complexity index is 1100. The quantitative estimate of drug-likeness (QED) is 0.363. The lowest BCUT2D eigenvalue weighted by atomic mass is 9.90. The third-order valence-corrected chi connectivity index (χ3v) is 7.44. The van der Waals surface area contributed by atoms with Crippen molar-refractivity contribution in [1.82, 2.24) is 4.98 Å². The largest absolute Gasteiger partial charge is 0.490 e. The Morgan fingerprint density at radius 1 is 1.11 bits per heavy atom. The van der Waals surface area contributed by atoms with Crippen LogP contribution in [0.15, 0.2) is 41.6 Å². The molecule has 4 rings (SSSR count). The van der Waals surface area contributed by atoms with Gasteiger partial charge in [0.1, 0.15) is 17.6 Å². The average molecular weight is 539 g/mol. The first-order valence-electron chi connectivity index (χ1n) is 12.9. The number of hydrogen-bond donors (Lipinski definition) is 0. The van der Waals surface area contributed by atoms with Crippen molar-refractivity contribution >= 4 is 28.7 Å². The lowest BCUT2D eigenvalue weighted by Gasteiger charge is -2.38. The highest BCUT2D eigenvalue weighted by molar-refractivity contribution is 6.33. The van der Waals surface area contributed by atoms with Crippen molar-refractivity contribution in [3.63, 3.8) is 0 Å². The van der Waals surface area contributed by atoms with E-state index in [9.17, 15) is 13.2 Å². The molecular weight excluding hydrogens is 505 g/mol. The summed E-state index contributed by atoms with van der Waals surface area (Å²) < 4.78 is 52.5. The summed E-state index contributed by atoms with van der Waals surface area (Å²) in [6.07, 6.45) is -1.05. The van der Waals surface area contributed by atoms with Crippen molar-refractivity contribution in [3.8, 4) is 11.6 Å². The number of hydrogen-bond acceptors (Lipinski definition) is 6. The van der Waals surface area contributed by atoms with E-state index >= 15 is 0 Å². The molecule has 0 radical (unpaired) electrons. The van der Waals surface area contributed by atoms with Gasteiger partial charge >= 0.3 is 6.18 Å². The number of ether oxygens (including phenoxy) is 2. The number of hydrazone groups is 1. The maximum atomic E-state index is 13.6. The molecule has 0 bridgehead atoms. The third-order valence-electron chi connectivity index (χ3n) is 7.15. The van der Waals surface area contributed by atoms with Gasteiger partial charge in [-0.05, 0) is 44.0 Å². The van der Waals surface area contributed by atoms with Crippen LogP contribution in [0.3, 0.4) is 0 Å². The van der Waals surface area contributed by atoms with Crippen LogP contribution < -0.4 is 19.4 Å². The van der Waals surface area contributed by atoms with E-state index in [0.29, 0.717) is 41.8 Å². The van der Waals surface area contributed by atoms with Gasteiger partial charge < -0.3 is 14.4 Å². The van der Waals surface area contributed by atoms with E-state index in [4.69, 9.17) is 21.1 Å². The molecule has 0 spiro atoms. The molecule has 1 saturated heterocycles. The summed E-state index contributed by atoms with van der Waals surface area (Å²) in [5, 5.41) is 6.12. The molecule has 4 atom stereocenters. The van der Waals surface area contributed by atoms with Crippen LogP contribution in [0.25, 0.3) is 0 Å². The highest BCUT2D eigenvalue weighted by atomic mass is 35.5. The standard InChI is InChI=1S/C27H34ClF3N4O2/c1-5-20-22(6-2)35(33-26(20)27(29,30)31)18-8-10-19(11-9-18)37-24-12-13-34(16-17(24)4)23-14-25(36-7-3)32-15-21(23)28/h8-11,14-15,17,20,22,24H,5-7,12-13,16H2,1-4H3. The van der Waals surface area contributed by atoms with Gasteiger partial charge in [0, 0.05) is 37.4 Å². The van der Waals surface area contributed by atoms with Crippen molar-refractivity contribution in [2.75, 3.05) is 29.6 Å². The molecule has 1 aromatic carbocycles. The van der Waals surface area contributed by atoms with Crippen LogP contribution in [0.4, 0.5) is 24.5 Å². The number of halogens is 4. The number of nitrogens with zero attached hydrogens (tertiary/aromatic N) is 4. The molecule has 0 saturated carbocycles. The van der Waals surface area contributed by atoms with Gasteiger partial charge in [0.15, 0.2) is 0 Å². The molecule has 6 nitrogen and oxygen atoms in total. The predicted molar refractivity (Wildman–Crippen MR) is 141 cm³/mol. The number of pyridine rings is 1. The fourth-order valence-corrected chi connectivity index (χ4v) is 5.53. The molecule has 10 heteroatoms. The maximum absolute atomic E-state index is 13.6. The van der Waals surface area contributed by atoms with Crippen molar-refractivity contribution in [1.29, 1.82) is 0 Å². The molecule has 2 aliphatic heterocycles. The van der Waals surface area contributed by atoms with Crippen LogP contribution in [-0.4, -0.2) is 48.7 Å².